The molecule has 0 heterocycles. The van der Waals surface area contributed by atoms with E-state index in [1.165, 1.54) is 0 Å². The van der Waals surface area contributed by atoms with Gasteiger partial charge in [-0.1, -0.05) is 43.6 Å². The van der Waals surface area contributed by atoms with E-state index in [-0.39, 0.29) is 0 Å². The van der Waals surface area contributed by atoms with Gasteiger partial charge < -0.3 is 15.2 Å². The zero-order valence-electron chi connectivity index (χ0n) is 12.8. The lowest BCUT2D eigenvalue weighted by molar-refractivity contribution is 0.105. The summed E-state index contributed by atoms with van der Waals surface area (Å²) >= 11 is 3.48. The number of aliphatic hydroxyl groups excluding tert-OH is 1. The lowest BCUT2D eigenvalue weighted by Crippen LogP contribution is -2.33. The van der Waals surface area contributed by atoms with Crippen LogP contribution in [0.1, 0.15) is 39.2 Å². The molecule has 0 aliphatic rings. The summed E-state index contributed by atoms with van der Waals surface area (Å²) in [5.41, 5.74) is 1.15. The maximum absolute atomic E-state index is 9.91. The molecule has 0 radical (unpaired) electrons. The summed E-state index contributed by atoms with van der Waals surface area (Å²) in [6.45, 7) is 10.3. The summed E-state index contributed by atoms with van der Waals surface area (Å²) in [4.78, 5) is 0. The largest absolute Gasteiger partial charge is 0.491 e. The molecule has 0 aliphatic heterocycles. The highest BCUT2D eigenvalue weighted by atomic mass is 79.9. The Kier molecular flexibility index (Phi) is 7.56. The maximum atomic E-state index is 9.91. The standard InChI is InChI=1S/C16H26BrNO2/c1-11(2)8-18-9-14(19)10-20-16-6-5-13(17)7-15(16)12(3)4/h5-7,11-12,14,18-19H,8-10H2,1-4H3. The second-order valence-corrected chi connectivity index (χ2v) is 6.77. The van der Waals surface area contributed by atoms with Crippen LogP contribution in [0.4, 0.5) is 0 Å². The van der Waals surface area contributed by atoms with E-state index < -0.39 is 6.10 Å². The fourth-order valence-electron chi connectivity index (χ4n) is 1.89. The van der Waals surface area contributed by atoms with Crippen molar-refractivity contribution in [3.05, 3.63) is 28.2 Å². The van der Waals surface area contributed by atoms with Crippen LogP contribution >= 0.6 is 15.9 Å². The lowest BCUT2D eigenvalue weighted by Gasteiger charge is -2.17. The molecule has 0 amide bonds. The molecule has 0 bridgehead atoms. The number of nitrogens with one attached hydrogen (secondary N) is 1. The molecule has 4 heteroatoms. The molecule has 0 aromatic heterocycles. The van der Waals surface area contributed by atoms with Gasteiger partial charge in [-0.25, -0.2) is 0 Å². The Labute approximate surface area is 130 Å². The van der Waals surface area contributed by atoms with Crippen LogP contribution < -0.4 is 10.1 Å². The van der Waals surface area contributed by atoms with Gasteiger partial charge in [0.05, 0.1) is 0 Å². The molecular weight excluding hydrogens is 318 g/mol. The molecule has 1 atom stereocenters. The van der Waals surface area contributed by atoms with E-state index in [1.54, 1.807) is 0 Å². The van der Waals surface area contributed by atoms with Crippen molar-refractivity contribution in [3.8, 4) is 5.75 Å². The van der Waals surface area contributed by atoms with Crippen LogP contribution in [0.15, 0.2) is 22.7 Å². The molecular formula is C16H26BrNO2. The average molecular weight is 344 g/mol. The van der Waals surface area contributed by atoms with Gasteiger partial charge in [-0.3, -0.25) is 0 Å². The fraction of sp³-hybridized carbons (Fsp3) is 0.625. The van der Waals surface area contributed by atoms with E-state index >= 15 is 0 Å². The first-order valence-electron chi connectivity index (χ1n) is 7.21. The van der Waals surface area contributed by atoms with E-state index in [2.05, 4.69) is 55.0 Å². The molecule has 2 N–H and O–H groups in total. The van der Waals surface area contributed by atoms with E-state index in [9.17, 15) is 5.11 Å². The van der Waals surface area contributed by atoms with E-state index in [0.29, 0.717) is 25.0 Å². The Morgan fingerprint density at radius 3 is 2.50 bits per heavy atom. The van der Waals surface area contributed by atoms with Crippen molar-refractivity contribution in [1.29, 1.82) is 0 Å². The molecule has 1 aromatic carbocycles. The minimum atomic E-state index is -0.489. The third-order valence-corrected chi connectivity index (χ3v) is 3.45. The number of hydrogen-bond donors (Lipinski definition) is 2. The highest BCUT2D eigenvalue weighted by Gasteiger charge is 2.11. The van der Waals surface area contributed by atoms with Crippen molar-refractivity contribution in [2.24, 2.45) is 5.92 Å². The van der Waals surface area contributed by atoms with Gasteiger partial charge in [0, 0.05) is 11.0 Å². The summed E-state index contributed by atoms with van der Waals surface area (Å²) in [6.07, 6.45) is -0.489. The topological polar surface area (TPSA) is 41.5 Å². The summed E-state index contributed by atoms with van der Waals surface area (Å²) in [5.74, 6) is 1.83. The van der Waals surface area contributed by atoms with Crippen LogP contribution in [0.2, 0.25) is 0 Å². The second-order valence-electron chi connectivity index (χ2n) is 5.85. The molecule has 1 unspecified atom stereocenters. The number of halogens is 1. The summed E-state index contributed by atoms with van der Waals surface area (Å²) in [5, 5.41) is 13.1. The van der Waals surface area contributed by atoms with E-state index in [4.69, 9.17) is 4.74 Å². The molecule has 0 saturated heterocycles. The van der Waals surface area contributed by atoms with Gasteiger partial charge in [0.2, 0.25) is 0 Å². The van der Waals surface area contributed by atoms with Crippen LogP contribution in [-0.4, -0.2) is 30.9 Å². The third-order valence-electron chi connectivity index (χ3n) is 2.96. The summed E-state index contributed by atoms with van der Waals surface area (Å²) in [7, 11) is 0. The van der Waals surface area contributed by atoms with Gasteiger partial charge in [0.25, 0.3) is 0 Å². The predicted molar refractivity (Wildman–Crippen MR) is 87.4 cm³/mol. The minimum absolute atomic E-state index is 0.312. The molecule has 0 spiro atoms. The van der Waals surface area contributed by atoms with Crippen LogP contribution in [0.3, 0.4) is 0 Å². The number of aliphatic hydroxyl groups is 1. The summed E-state index contributed by atoms with van der Waals surface area (Å²) in [6, 6.07) is 5.99. The Bertz CT molecular complexity index is 407. The van der Waals surface area contributed by atoms with E-state index in [1.807, 2.05) is 12.1 Å². The van der Waals surface area contributed by atoms with Gasteiger partial charge in [0.1, 0.15) is 18.5 Å². The SMILES string of the molecule is CC(C)CNCC(O)COc1ccc(Br)cc1C(C)C. The number of rotatable bonds is 8. The Balaban J connectivity index is 2.48. The monoisotopic (exact) mass is 343 g/mol. The quantitative estimate of drug-likeness (QED) is 0.758. The van der Waals surface area contributed by atoms with Crippen molar-refractivity contribution >= 4 is 15.9 Å². The van der Waals surface area contributed by atoms with Crippen molar-refractivity contribution in [3.63, 3.8) is 0 Å². The van der Waals surface area contributed by atoms with Crippen LogP contribution in [-0.2, 0) is 0 Å². The zero-order chi connectivity index (χ0) is 15.1. The van der Waals surface area contributed by atoms with Gasteiger partial charge >= 0.3 is 0 Å². The maximum Gasteiger partial charge on any atom is 0.122 e. The highest BCUT2D eigenvalue weighted by Crippen LogP contribution is 2.29. The average Bonchev–Trinajstić information content (AvgIpc) is 2.36. The molecule has 1 aromatic rings. The predicted octanol–water partition coefficient (Wildman–Crippen LogP) is 3.56. The van der Waals surface area contributed by atoms with Crippen LogP contribution in [0.5, 0.6) is 5.75 Å². The summed E-state index contributed by atoms with van der Waals surface area (Å²) < 4.78 is 6.81. The van der Waals surface area contributed by atoms with E-state index in [0.717, 1.165) is 22.3 Å². The molecule has 0 fully saturated rings. The van der Waals surface area contributed by atoms with Gasteiger partial charge in [0.15, 0.2) is 0 Å². The number of benzene rings is 1. The van der Waals surface area contributed by atoms with Gasteiger partial charge in [-0.05, 0) is 42.1 Å². The van der Waals surface area contributed by atoms with Crippen molar-refractivity contribution in [2.75, 3.05) is 19.7 Å². The number of ether oxygens (including phenoxy) is 1. The first-order valence-corrected chi connectivity index (χ1v) is 8.00. The highest BCUT2D eigenvalue weighted by molar-refractivity contribution is 9.10. The van der Waals surface area contributed by atoms with Gasteiger partial charge in [-0.2, -0.15) is 0 Å². The van der Waals surface area contributed by atoms with Crippen molar-refractivity contribution < 1.29 is 9.84 Å². The fourth-order valence-corrected chi connectivity index (χ4v) is 2.26. The molecule has 114 valence electrons. The van der Waals surface area contributed by atoms with Crippen molar-refractivity contribution in [1.82, 2.24) is 5.32 Å². The first-order chi connectivity index (χ1) is 9.40. The Morgan fingerprint density at radius 1 is 1.20 bits per heavy atom. The Hall–Kier alpha value is -0.580. The zero-order valence-corrected chi connectivity index (χ0v) is 14.4. The first kappa shape index (κ1) is 17.5. The van der Waals surface area contributed by atoms with Gasteiger partial charge in [-0.15, -0.1) is 0 Å². The second kappa shape index (κ2) is 8.65. The number of hydrogen-bond acceptors (Lipinski definition) is 3. The van der Waals surface area contributed by atoms with Crippen LogP contribution in [0.25, 0.3) is 0 Å². The third kappa shape index (κ3) is 6.25. The molecule has 1 rings (SSSR count). The molecule has 20 heavy (non-hydrogen) atoms. The lowest BCUT2D eigenvalue weighted by atomic mass is 10.0. The minimum Gasteiger partial charge on any atom is -0.491 e. The normalized spacial score (nSPS) is 13.0. The van der Waals surface area contributed by atoms with Crippen molar-refractivity contribution in [2.45, 2.75) is 39.7 Å². The molecule has 0 saturated carbocycles. The smallest absolute Gasteiger partial charge is 0.122 e. The van der Waals surface area contributed by atoms with Crippen LogP contribution in [0, 0.1) is 5.92 Å². The molecule has 3 nitrogen and oxygen atoms in total. The Morgan fingerprint density at radius 2 is 1.90 bits per heavy atom. The molecule has 0 aliphatic carbocycles.